The predicted octanol–water partition coefficient (Wildman–Crippen LogP) is 0.439. The highest BCUT2D eigenvalue weighted by Gasteiger charge is 2.42. The highest BCUT2D eigenvalue weighted by molar-refractivity contribution is 6.01. The van der Waals surface area contributed by atoms with E-state index in [1.807, 2.05) is 0 Å². The van der Waals surface area contributed by atoms with Crippen molar-refractivity contribution in [1.82, 2.24) is 14.9 Å². The zero-order valence-electron chi connectivity index (χ0n) is 17.6. The van der Waals surface area contributed by atoms with Crippen LogP contribution in [0.15, 0.2) is 22.9 Å². The quantitative estimate of drug-likeness (QED) is 0.587. The molecule has 1 saturated heterocycles. The third-order valence-electron chi connectivity index (χ3n) is 3.81. The summed E-state index contributed by atoms with van der Waals surface area (Å²) in [6, 6.07) is -1.78. The van der Waals surface area contributed by atoms with Crippen LogP contribution in [-0.4, -0.2) is 21.4 Å². The lowest BCUT2D eigenvalue weighted by molar-refractivity contribution is -0.140. The minimum Gasteiger partial charge on any atom is -0.398 e. The highest BCUT2D eigenvalue weighted by Crippen LogP contribution is 2.27. The van der Waals surface area contributed by atoms with Gasteiger partial charge in [-0.05, 0) is 32.3 Å². The Morgan fingerprint density at radius 2 is 2.23 bits per heavy atom. The number of imide groups is 1. The number of nitrogens with zero attached hydrogens (tertiary/aromatic N) is 2. The molecule has 114 valence electrons. The first kappa shape index (κ1) is 8.67. The molecule has 0 unspecified atom stereocenters. The number of amides is 2. The van der Waals surface area contributed by atoms with Crippen molar-refractivity contribution in [3.8, 4) is 0 Å². The molecule has 1 aromatic heterocycles. The Balaban J connectivity index is 2.53. The average molecular weight is 306 g/mol. The first-order valence-corrected chi connectivity index (χ1v) is 6.48. The number of aryl methyl sites for hydroxylation is 1. The molecule has 3 N–H and O–H groups in total. The first-order valence-electron chi connectivity index (χ1n) is 9.48. The van der Waals surface area contributed by atoms with Crippen LogP contribution in [0.2, 0.25) is 0 Å². The predicted molar refractivity (Wildman–Crippen MR) is 81.2 cm³/mol. The van der Waals surface area contributed by atoms with Crippen LogP contribution in [0, 0.1) is 6.85 Å². The van der Waals surface area contributed by atoms with Crippen LogP contribution >= 0.6 is 0 Å². The van der Waals surface area contributed by atoms with Gasteiger partial charge in [0.15, 0.2) is 0 Å². The number of piperidine rings is 1. The molecule has 1 fully saturated rings. The lowest BCUT2D eigenvalue weighted by Crippen LogP contribution is -2.56. The van der Waals surface area contributed by atoms with E-state index in [-0.39, 0.29) is 12.8 Å². The van der Waals surface area contributed by atoms with E-state index in [2.05, 4.69) is 10.3 Å². The summed E-state index contributed by atoms with van der Waals surface area (Å²) in [6.45, 7) is -1.64. The smallest absolute Gasteiger partial charge is 0.264 e. The molecule has 0 radical (unpaired) electrons. The fraction of sp³-hybridized carbons (Fsp3) is 0.333. The molecule has 1 aromatic carbocycles. The van der Waals surface area contributed by atoms with Gasteiger partial charge < -0.3 is 5.73 Å². The van der Waals surface area contributed by atoms with E-state index in [9.17, 15) is 14.4 Å². The summed E-state index contributed by atoms with van der Waals surface area (Å²) in [4.78, 5) is 41.2. The number of benzene rings is 1. The van der Waals surface area contributed by atoms with Crippen LogP contribution in [-0.2, 0) is 15.1 Å². The Hall–Kier alpha value is -2.70. The molecule has 1 aliphatic heterocycles. The summed E-state index contributed by atoms with van der Waals surface area (Å²) in [7, 11) is 0. The third kappa shape index (κ3) is 1.89. The summed E-state index contributed by atoms with van der Waals surface area (Å²) >= 11 is 0. The molecule has 0 aliphatic carbocycles. The van der Waals surface area contributed by atoms with Crippen molar-refractivity contribution in [3.05, 3.63) is 34.3 Å². The fourth-order valence-corrected chi connectivity index (χ4v) is 2.54. The standard InChI is InChI=1S/C15H16N4O3/c1-8-17-10-5-3-4-9(16)12(10)13(21)19(8)15(2)7-6-11(20)18-14(15)22/h3-5H,6-7,16H2,1-2H3,(H,18,20,22)/t15-/m1/s1/i1D3,3D,4D,5D. The molecule has 0 bridgehead atoms. The van der Waals surface area contributed by atoms with E-state index < -0.39 is 70.3 Å². The van der Waals surface area contributed by atoms with Gasteiger partial charge >= 0.3 is 0 Å². The highest BCUT2D eigenvalue weighted by atomic mass is 16.2. The molecule has 7 nitrogen and oxygen atoms in total. The van der Waals surface area contributed by atoms with Crippen LogP contribution in [0.25, 0.3) is 10.9 Å². The molecule has 0 spiro atoms. The van der Waals surface area contributed by atoms with Gasteiger partial charge in [0.2, 0.25) is 5.91 Å². The second kappa shape index (κ2) is 4.66. The van der Waals surface area contributed by atoms with E-state index in [0.29, 0.717) is 4.57 Å². The summed E-state index contributed by atoms with van der Waals surface area (Å²) in [5.74, 6) is -2.19. The number of nitrogens with two attached hydrogens (primary N) is 1. The molecular formula is C15H16N4O3. The van der Waals surface area contributed by atoms with Crippen molar-refractivity contribution >= 4 is 28.4 Å². The minimum atomic E-state index is -2.94. The van der Waals surface area contributed by atoms with Crippen LogP contribution < -0.4 is 16.6 Å². The summed E-state index contributed by atoms with van der Waals surface area (Å²) < 4.78 is 47.5. The molecule has 7 heteroatoms. The topological polar surface area (TPSA) is 107 Å². The summed E-state index contributed by atoms with van der Waals surface area (Å²) in [5.41, 5.74) is 2.17. The number of nitrogen functional groups attached to an aromatic ring is 1. The number of aromatic nitrogens is 2. The molecule has 3 rings (SSSR count). The maximum Gasteiger partial charge on any atom is 0.264 e. The van der Waals surface area contributed by atoms with E-state index >= 15 is 0 Å². The molecule has 1 aliphatic rings. The van der Waals surface area contributed by atoms with Crippen molar-refractivity contribution in [2.24, 2.45) is 0 Å². The number of anilines is 1. The van der Waals surface area contributed by atoms with Gasteiger partial charge in [-0.2, -0.15) is 0 Å². The fourth-order valence-electron chi connectivity index (χ4n) is 2.54. The van der Waals surface area contributed by atoms with E-state index in [1.54, 1.807) is 0 Å². The van der Waals surface area contributed by atoms with Crippen molar-refractivity contribution in [3.63, 3.8) is 0 Å². The number of fused-ring (bicyclic) bond motifs is 1. The normalized spacial score (nSPS) is 26.4. The number of rotatable bonds is 1. The Morgan fingerprint density at radius 3 is 2.91 bits per heavy atom. The molecule has 2 aromatic rings. The van der Waals surface area contributed by atoms with Crippen LogP contribution in [0.5, 0.6) is 0 Å². The molecule has 22 heavy (non-hydrogen) atoms. The van der Waals surface area contributed by atoms with Crippen molar-refractivity contribution < 1.29 is 17.8 Å². The Labute approximate surface area is 134 Å². The van der Waals surface area contributed by atoms with E-state index in [0.717, 1.165) is 0 Å². The van der Waals surface area contributed by atoms with Crippen molar-refractivity contribution in [2.75, 3.05) is 5.73 Å². The Bertz CT molecular complexity index is 1110. The van der Waals surface area contributed by atoms with Crippen molar-refractivity contribution in [2.45, 2.75) is 32.2 Å². The molecule has 2 heterocycles. The van der Waals surface area contributed by atoms with E-state index in [1.165, 1.54) is 6.92 Å². The van der Waals surface area contributed by atoms with Crippen LogP contribution in [0.1, 0.15) is 33.8 Å². The number of carbonyl (C=O) groups excluding carboxylic acids is 2. The Morgan fingerprint density at radius 1 is 1.45 bits per heavy atom. The van der Waals surface area contributed by atoms with Gasteiger partial charge in [0.25, 0.3) is 11.5 Å². The van der Waals surface area contributed by atoms with Crippen molar-refractivity contribution in [1.29, 1.82) is 0 Å². The van der Waals surface area contributed by atoms with Gasteiger partial charge in [0.05, 0.1) is 15.0 Å². The molecule has 2 amide bonds. The zero-order valence-corrected chi connectivity index (χ0v) is 11.6. The lowest BCUT2D eigenvalue weighted by atomic mass is 9.90. The number of carbonyl (C=O) groups is 2. The van der Waals surface area contributed by atoms with Gasteiger partial charge in [0.1, 0.15) is 11.4 Å². The van der Waals surface area contributed by atoms with Gasteiger partial charge in [0, 0.05) is 16.2 Å². The monoisotopic (exact) mass is 306 g/mol. The molecular weight excluding hydrogens is 284 g/mol. The maximum absolute atomic E-state index is 13.3. The van der Waals surface area contributed by atoms with Gasteiger partial charge in [-0.3, -0.25) is 24.3 Å². The zero-order chi connectivity index (χ0) is 21.2. The number of nitrogens with one attached hydrogen (secondary N) is 1. The lowest BCUT2D eigenvalue weighted by Gasteiger charge is -2.34. The summed E-state index contributed by atoms with van der Waals surface area (Å²) in [5, 5.41) is 1.67. The van der Waals surface area contributed by atoms with E-state index in [4.69, 9.17) is 14.0 Å². The van der Waals surface area contributed by atoms with Gasteiger partial charge in [-0.15, -0.1) is 0 Å². The maximum atomic E-state index is 13.3. The largest absolute Gasteiger partial charge is 0.398 e. The van der Waals surface area contributed by atoms with Gasteiger partial charge in [-0.25, -0.2) is 4.98 Å². The first-order chi connectivity index (χ1) is 12.8. The van der Waals surface area contributed by atoms with Crippen LogP contribution in [0.4, 0.5) is 5.69 Å². The molecule has 1 atom stereocenters. The second-order valence-corrected chi connectivity index (χ2v) is 5.24. The third-order valence-corrected chi connectivity index (χ3v) is 3.81. The summed E-state index contributed by atoms with van der Waals surface area (Å²) in [6.07, 6.45) is -0.270. The minimum absolute atomic E-state index is 0.123. The average Bonchev–Trinajstić information content (AvgIpc) is 2.60. The van der Waals surface area contributed by atoms with Crippen LogP contribution in [0.3, 0.4) is 0 Å². The van der Waals surface area contributed by atoms with Gasteiger partial charge in [-0.1, -0.05) is 6.04 Å². The molecule has 0 saturated carbocycles. The second-order valence-electron chi connectivity index (χ2n) is 5.24. The number of hydrogen-bond donors (Lipinski definition) is 2. The Kier molecular flexibility index (Phi) is 1.84. The SMILES string of the molecule is [2H]c1c([2H])c(N)c2c(=O)n([C@]3(C)CCC(=O)NC3=O)c(C([2H])([2H])[2H])nc2c1[2H]. The number of hydrogen-bond acceptors (Lipinski definition) is 5.